The van der Waals surface area contributed by atoms with Crippen LogP contribution in [0.5, 0.6) is 5.75 Å². The van der Waals surface area contributed by atoms with Gasteiger partial charge in [-0.2, -0.15) is 0 Å². The fourth-order valence-electron chi connectivity index (χ4n) is 3.73. The minimum atomic E-state index is -0.376. The number of hydrogen-bond acceptors (Lipinski definition) is 9. The number of carbonyl (C=O) groups is 2. The highest BCUT2D eigenvalue weighted by Gasteiger charge is 2.26. The summed E-state index contributed by atoms with van der Waals surface area (Å²) in [5.74, 6) is 1.50. The van der Waals surface area contributed by atoms with Gasteiger partial charge in [0.2, 0.25) is 5.95 Å². The van der Waals surface area contributed by atoms with Gasteiger partial charge >= 0.3 is 5.97 Å². The topological polar surface area (TPSA) is 101 Å². The van der Waals surface area contributed by atoms with Crippen LogP contribution in [0.2, 0.25) is 0 Å². The minimum Gasteiger partial charge on any atom is -0.427 e. The molecule has 0 radical (unpaired) electrons. The van der Waals surface area contributed by atoms with E-state index in [9.17, 15) is 9.59 Å². The van der Waals surface area contributed by atoms with Crippen molar-refractivity contribution in [2.24, 2.45) is 0 Å². The Morgan fingerprint density at radius 2 is 1.82 bits per heavy atom. The molecule has 1 aromatic carbocycles. The van der Waals surface area contributed by atoms with Crippen molar-refractivity contribution in [3.63, 3.8) is 0 Å². The molecule has 5 rings (SSSR count). The van der Waals surface area contributed by atoms with Crippen molar-refractivity contribution in [1.82, 2.24) is 15.0 Å². The molecule has 1 amide bonds. The Bertz CT molecular complexity index is 1240. The number of carbonyl (C=O) groups excluding carboxylic acids is 2. The average molecular weight is 475 g/mol. The first-order valence-corrected chi connectivity index (χ1v) is 11.6. The molecule has 0 unspecified atom stereocenters. The zero-order valence-corrected chi connectivity index (χ0v) is 19.3. The molecule has 9 nitrogen and oxygen atoms in total. The Hall–Kier alpha value is -3.92. The number of nitrogens with zero attached hydrogens (tertiary/aromatic N) is 5. The first-order chi connectivity index (χ1) is 16.5. The highest BCUT2D eigenvalue weighted by Crippen LogP contribution is 2.38. The predicted molar refractivity (Wildman–Crippen MR) is 131 cm³/mol. The normalized spacial score (nSPS) is 16.7. The summed E-state index contributed by atoms with van der Waals surface area (Å²) in [5, 5.41) is 3.58. The monoisotopic (exact) mass is 474 g/mol. The molecule has 172 valence electrons. The lowest BCUT2D eigenvalue weighted by Gasteiger charge is -2.35. The van der Waals surface area contributed by atoms with Crippen LogP contribution in [0.4, 0.5) is 17.5 Å². The maximum Gasteiger partial charge on any atom is 0.308 e. The second-order valence-electron chi connectivity index (χ2n) is 7.78. The molecule has 34 heavy (non-hydrogen) atoms. The number of fused-ring (bicyclic) bond motifs is 1. The molecule has 2 aromatic heterocycles. The lowest BCUT2D eigenvalue weighted by Crippen LogP contribution is -2.47. The number of rotatable bonds is 4. The molecule has 1 N–H and O–H groups in total. The Balaban J connectivity index is 1.29. The Morgan fingerprint density at radius 1 is 1.06 bits per heavy atom. The molecular formula is C24H22N6O3S. The van der Waals surface area contributed by atoms with E-state index in [1.165, 1.54) is 18.7 Å². The Labute approximate surface area is 200 Å². The zero-order chi connectivity index (χ0) is 23.5. The molecule has 0 aliphatic carbocycles. The summed E-state index contributed by atoms with van der Waals surface area (Å²) in [6.45, 7) is 4.58. The summed E-state index contributed by atoms with van der Waals surface area (Å²) < 4.78 is 5.06. The second kappa shape index (κ2) is 9.52. The van der Waals surface area contributed by atoms with Crippen molar-refractivity contribution >= 4 is 47.2 Å². The van der Waals surface area contributed by atoms with Gasteiger partial charge in [0.25, 0.3) is 5.91 Å². The van der Waals surface area contributed by atoms with Gasteiger partial charge in [-0.25, -0.2) is 15.0 Å². The van der Waals surface area contributed by atoms with E-state index in [0.29, 0.717) is 27.3 Å². The molecule has 10 heteroatoms. The van der Waals surface area contributed by atoms with Crippen LogP contribution in [-0.4, -0.2) is 53.0 Å². The first-order valence-electron chi connectivity index (χ1n) is 10.8. The number of ether oxygens (including phenoxy) is 1. The number of hydrogen-bond donors (Lipinski definition) is 1. The van der Waals surface area contributed by atoms with Crippen molar-refractivity contribution in [1.29, 1.82) is 0 Å². The molecule has 2 aliphatic heterocycles. The summed E-state index contributed by atoms with van der Waals surface area (Å²) >= 11 is 1.32. The number of aromatic nitrogens is 3. The molecule has 0 bridgehead atoms. The van der Waals surface area contributed by atoms with Crippen molar-refractivity contribution in [2.45, 2.75) is 11.9 Å². The van der Waals surface area contributed by atoms with Crippen LogP contribution in [0.15, 0.2) is 64.8 Å². The van der Waals surface area contributed by atoms with Crippen molar-refractivity contribution in [2.75, 3.05) is 41.3 Å². The quantitative estimate of drug-likeness (QED) is 0.264. The van der Waals surface area contributed by atoms with E-state index < -0.39 is 0 Å². The number of amides is 1. The van der Waals surface area contributed by atoms with Gasteiger partial charge in [0, 0.05) is 39.3 Å². The minimum absolute atomic E-state index is 0.207. The largest absolute Gasteiger partial charge is 0.427 e. The fourth-order valence-corrected chi connectivity index (χ4v) is 4.62. The molecule has 1 saturated heterocycles. The molecular weight excluding hydrogens is 452 g/mol. The van der Waals surface area contributed by atoms with Gasteiger partial charge in [0.1, 0.15) is 16.6 Å². The summed E-state index contributed by atoms with van der Waals surface area (Å²) in [7, 11) is 0. The number of benzene rings is 1. The van der Waals surface area contributed by atoms with Gasteiger partial charge in [0.15, 0.2) is 0 Å². The molecule has 0 saturated carbocycles. The smallest absolute Gasteiger partial charge is 0.308 e. The maximum absolute atomic E-state index is 12.6. The van der Waals surface area contributed by atoms with E-state index in [-0.39, 0.29) is 11.9 Å². The van der Waals surface area contributed by atoms with E-state index in [2.05, 4.69) is 25.1 Å². The van der Waals surface area contributed by atoms with Gasteiger partial charge in [0.05, 0.1) is 16.8 Å². The summed E-state index contributed by atoms with van der Waals surface area (Å²) in [6, 6.07) is 12.9. The summed E-state index contributed by atoms with van der Waals surface area (Å²) in [6.07, 6.45) is 5.26. The number of piperazine rings is 1. The lowest BCUT2D eigenvalue weighted by molar-refractivity contribution is -0.131. The van der Waals surface area contributed by atoms with E-state index in [4.69, 9.17) is 9.72 Å². The standard InChI is InChI=1S/C24H22N6O3S/c1-16(31)33-18-7-5-17(6-8-18)14-20-22(32)27-19-15-26-24(28-23(19)34-20)30-12-10-29(11-13-30)21-4-2-3-9-25-21/h2-9,14-15H,10-13H2,1H3,(H,27,32)/b20-14+. The van der Waals surface area contributed by atoms with Crippen LogP contribution < -0.4 is 19.9 Å². The van der Waals surface area contributed by atoms with Gasteiger partial charge in [-0.3, -0.25) is 9.59 Å². The lowest BCUT2D eigenvalue weighted by atomic mass is 10.2. The summed E-state index contributed by atoms with van der Waals surface area (Å²) in [4.78, 5) is 42.2. The SMILES string of the molecule is CC(=O)Oc1ccc(/C=C2/Sc3nc(N4CCN(c5ccccn5)CC4)ncc3NC2=O)cc1. The molecule has 0 atom stereocenters. The molecule has 4 heterocycles. The fraction of sp³-hybridized carbons (Fsp3) is 0.208. The van der Waals surface area contributed by atoms with Crippen LogP contribution in [0.1, 0.15) is 12.5 Å². The molecule has 2 aliphatic rings. The van der Waals surface area contributed by atoms with Crippen molar-refractivity contribution in [3.05, 3.63) is 65.3 Å². The zero-order valence-electron chi connectivity index (χ0n) is 18.5. The molecule has 3 aromatic rings. The molecule has 1 fully saturated rings. The first kappa shape index (κ1) is 21.9. The Kier molecular flexibility index (Phi) is 6.13. The highest BCUT2D eigenvalue weighted by atomic mass is 32.2. The number of pyridine rings is 1. The summed E-state index contributed by atoms with van der Waals surface area (Å²) in [5.41, 5.74) is 1.42. The van der Waals surface area contributed by atoms with Crippen molar-refractivity contribution < 1.29 is 14.3 Å². The van der Waals surface area contributed by atoms with E-state index in [0.717, 1.165) is 37.6 Å². The third-order valence-corrected chi connectivity index (χ3v) is 6.42. The van der Waals surface area contributed by atoms with Gasteiger partial charge in [-0.05, 0) is 35.9 Å². The average Bonchev–Trinajstić information content (AvgIpc) is 2.86. The van der Waals surface area contributed by atoms with Crippen molar-refractivity contribution in [3.8, 4) is 5.75 Å². The van der Waals surface area contributed by atoms with Crippen LogP contribution in [0, 0.1) is 0 Å². The van der Waals surface area contributed by atoms with Crippen LogP contribution >= 0.6 is 11.8 Å². The van der Waals surface area contributed by atoms with Crippen LogP contribution in [0.25, 0.3) is 6.08 Å². The van der Waals surface area contributed by atoms with Crippen LogP contribution in [-0.2, 0) is 9.59 Å². The van der Waals surface area contributed by atoms with Gasteiger partial charge in [-0.1, -0.05) is 30.0 Å². The van der Waals surface area contributed by atoms with Crippen LogP contribution in [0.3, 0.4) is 0 Å². The highest BCUT2D eigenvalue weighted by molar-refractivity contribution is 8.04. The number of esters is 1. The number of anilines is 3. The third kappa shape index (κ3) is 4.86. The maximum atomic E-state index is 12.6. The molecule has 0 spiro atoms. The predicted octanol–water partition coefficient (Wildman–Crippen LogP) is 3.21. The third-order valence-electron chi connectivity index (χ3n) is 5.39. The number of nitrogens with one attached hydrogen (secondary N) is 1. The van der Waals surface area contributed by atoms with E-state index >= 15 is 0 Å². The van der Waals surface area contributed by atoms with E-state index in [1.807, 2.05) is 18.2 Å². The van der Waals surface area contributed by atoms with E-state index in [1.54, 1.807) is 42.7 Å². The van der Waals surface area contributed by atoms with Gasteiger partial charge in [-0.15, -0.1) is 0 Å². The Morgan fingerprint density at radius 3 is 2.53 bits per heavy atom. The number of thioether (sulfide) groups is 1. The van der Waals surface area contributed by atoms with Gasteiger partial charge < -0.3 is 19.9 Å². The second-order valence-corrected chi connectivity index (χ2v) is 8.81.